The average Bonchev–Trinajstić information content (AvgIpc) is 3.04. The summed E-state index contributed by atoms with van der Waals surface area (Å²) in [6.45, 7) is 0. The van der Waals surface area contributed by atoms with E-state index in [-0.39, 0.29) is 18.2 Å². The van der Waals surface area contributed by atoms with Crippen LogP contribution in [0.15, 0.2) is 53.0 Å². The molecule has 2 heterocycles. The standard InChI is InChI=1S/C18H13BrN2O4S/c19-10-5-7-11(8-6-10)21-16(24)14(9-15(22)23)26-18(21)12-3-1-2-4-13(12)20-17(18)25/h1-8,14H,9H2,(H,20,25)(H,22,23). The van der Waals surface area contributed by atoms with Crippen molar-refractivity contribution >= 4 is 56.9 Å². The number of hydrogen-bond donors (Lipinski definition) is 2. The molecule has 0 saturated carbocycles. The molecule has 2 aliphatic rings. The molecular weight excluding hydrogens is 420 g/mol. The van der Waals surface area contributed by atoms with Gasteiger partial charge in [0.1, 0.15) is 0 Å². The summed E-state index contributed by atoms with van der Waals surface area (Å²) in [5, 5.41) is 11.2. The second-order valence-corrected chi connectivity index (χ2v) is 8.31. The van der Waals surface area contributed by atoms with Crippen molar-refractivity contribution in [2.24, 2.45) is 0 Å². The number of fused-ring (bicyclic) bond motifs is 2. The molecule has 8 heteroatoms. The highest BCUT2D eigenvalue weighted by Crippen LogP contribution is 2.56. The van der Waals surface area contributed by atoms with E-state index in [0.29, 0.717) is 16.9 Å². The maximum atomic E-state index is 13.1. The molecule has 4 rings (SSSR count). The first-order chi connectivity index (χ1) is 12.4. The number of hydrogen-bond acceptors (Lipinski definition) is 4. The van der Waals surface area contributed by atoms with Crippen LogP contribution in [0.25, 0.3) is 0 Å². The van der Waals surface area contributed by atoms with E-state index in [2.05, 4.69) is 21.2 Å². The number of halogens is 1. The predicted molar refractivity (Wildman–Crippen MR) is 102 cm³/mol. The van der Waals surface area contributed by atoms with Crippen molar-refractivity contribution in [3.8, 4) is 0 Å². The molecule has 0 bridgehead atoms. The second kappa shape index (κ2) is 6.14. The van der Waals surface area contributed by atoms with Crippen LogP contribution in [0, 0.1) is 0 Å². The molecule has 6 nitrogen and oxygen atoms in total. The van der Waals surface area contributed by atoms with E-state index in [0.717, 1.165) is 16.2 Å². The summed E-state index contributed by atoms with van der Waals surface area (Å²) in [4.78, 5) is 37.4. The van der Waals surface area contributed by atoms with E-state index in [1.807, 2.05) is 0 Å². The minimum atomic E-state index is -1.30. The van der Waals surface area contributed by atoms with Crippen LogP contribution in [0.1, 0.15) is 12.0 Å². The van der Waals surface area contributed by atoms with Gasteiger partial charge in [-0.15, -0.1) is 11.8 Å². The lowest BCUT2D eigenvalue weighted by atomic mass is 10.0. The van der Waals surface area contributed by atoms with Gasteiger partial charge in [0.05, 0.1) is 11.7 Å². The van der Waals surface area contributed by atoms with E-state index in [1.165, 1.54) is 4.90 Å². The SMILES string of the molecule is O=C(O)CC1SC2(C(=O)Nc3ccccc32)N(c2ccc(Br)cc2)C1=O. The molecule has 2 aromatic carbocycles. The lowest BCUT2D eigenvalue weighted by Crippen LogP contribution is -2.47. The van der Waals surface area contributed by atoms with Gasteiger partial charge in [0.15, 0.2) is 0 Å². The Morgan fingerprint density at radius 3 is 2.58 bits per heavy atom. The van der Waals surface area contributed by atoms with Crippen molar-refractivity contribution in [3.63, 3.8) is 0 Å². The van der Waals surface area contributed by atoms with Crippen molar-refractivity contribution < 1.29 is 19.5 Å². The zero-order valence-corrected chi connectivity index (χ0v) is 15.7. The Bertz CT molecular complexity index is 933. The van der Waals surface area contributed by atoms with Gasteiger partial charge >= 0.3 is 5.97 Å². The molecule has 2 N–H and O–H groups in total. The topological polar surface area (TPSA) is 86.7 Å². The van der Waals surface area contributed by atoms with E-state index in [1.54, 1.807) is 48.5 Å². The molecular formula is C18H13BrN2O4S. The molecule has 2 atom stereocenters. The van der Waals surface area contributed by atoms with Crippen molar-refractivity contribution in [2.75, 3.05) is 10.2 Å². The van der Waals surface area contributed by atoms with E-state index >= 15 is 0 Å². The predicted octanol–water partition coefficient (Wildman–Crippen LogP) is 3.18. The van der Waals surface area contributed by atoms with Gasteiger partial charge in [-0.05, 0) is 30.3 Å². The van der Waals surface area contributed by atoms with Crippen LogP contribution in [0.5, 0.6) is 0 Å². The number of aliphatic carboxylic acids is 1. The van der Waals surface area contributed by atoms with E-state index < -0.39 is 16.1 Å². The summed E-state index contributed by atoms with van der Waals surface area (Å²) in [6.07, 6.45) is -0.340. The van der Waals surface area contributed by atoms with Gasteiger partial charge < -0.3 is 10.4 Å². The molecule has 2 aromatic rings. The van der Waals surface area contributed by atoms with Crippen LogP contribution in [0.4, 0.5) is 11.4 Å². The van der Waals surface area contributed by atoms with Gasteiger partial charge in [0, 0.05) is 21.4 Å². The Morgan fingerprint density at radius 2 is 1.88 bits per heavy atom. The van der Waals surface area contributed by atoms with Gasteiger partial charge in [-0.2, -0.15) is 0 Å². The molecule has 1 spiro atoms. The number of rotatable bonds is 3. The molecule has 26 heavy (non-hydrogen) atoms. The normalized spacial score (nSPS) is 24.0. The fourth-order valence-corrected chi connectivity index (χ4v) is 5.22. The number of carboxylic acid groups (broad SMARTS) is 1. The highest BCUT2D eigenvalue weighted by Gasteiger charge is 2.62. The fraction of sp³-hybridized carbons (Fsp3) is 0.167. The number of para-hydroxylation sites is 1. The minimum absolute atomic E-state index is 0.340. The van der Waals surface area contributed by atoms with Gasteiger partial charge in [-0.25, -0.2) is 0 Å². The fourth-order valence-electron chi connectivity index (χ4n) is 3.35. The molecule has 2 amide bonds. The van der Waals surface area contributed by atoms with Crippen LogP contribution >= 0.6 is 27.7 Å². The average molecular weight is 433 g/mol. The van der Waals surface area contributed by atoms with Crippen molar-refractivity contribution in [1.82, 2.24) is 0 Å². The van der Waals surface area contributed by atoms with Crippen LogP contribution < -0.4 is 10.2 Å². The van der Waals surface area contributed by atoms with Gasteiger partial charge in [-0.3, -0.25) is 19.3 Å². The third kappa shape index (κ3) is 2.44. The Kier molecular flexibility index (Phi) is 4.04. The van der Waals surface area contributed by atoms with Crippen LogP contribution in [-0.2, 0) is 19.3 Å². The first-order valence-electron chi connectivity index (χ1n) is 7.83. The first-order valence-corrected chi connectivity index (χ1v) is 9.51. The second-order valence-electron chi connectivity index (χ2n) is 6.00. The monoisotopic (exact) mass is 432 g/mol. The Labute approximate surface area is 161 Å². The van der Waals surface area contributed by atoms with Gasteiger partial charge in [-0.1, -0.05) is 34.1 Å². The molecule has 0 aliphatic carbocycles. The molecule has 2 unspecified atom stereocenters. The summed E-state index contributed by atoms with van der Waals surface area (Å²) < 4.78 is 0.841. The lowest BCUT2D eigenvalue weighted by Gasteiger charge is -2.32. The number of nitrogens with one attached hydrogen (secondary N) is 1. The van der Waals surface area contributed by atoms with Crippen molar-refractivity contribution in [1.29, 1.82) is 0 Å². The largest absolute Gasteiger partial charge is 0.481 e. The third-order valence-electron chi connectivity index (χ3n) is 4.42. The summed E-state index contributed by atoms with van der Waals surface area (Å²) >= 11 is 4.45. The number of carbonyl (C=O) groups excluding carboxylic acids is 2. The quantitative estimate of drug-likeness (QED) is 0.777. The third-order valence-corrected chi connectivity index (χ3v) is 6.53. The van der Waals surface area contributed by atoms with Gasteiger partial charge in [0.2, 0.25) is 10.8 Å². The van der Waals surface area contributed by atoms with E-state index in [4.69, 9.17) is 0 Å². The molecule has 2 aliphatic heterocycles. The number of carbonyl (C=O) groups is 3. The maximum Gasteiger partial charge on any atom is 0.305 e. The minimum Gasteiger partial charge on any atom is -0.481 e. The smallest absolute Gasteiger partial charge is 0.305 e. The van der Waals surface area contributed by atoms with E-state index in [9.17, 15) is 19.5 Å². The molecule has 132 valence electrons. The van der Waals surface area contributed by atoms with Crippen LogP contribution in [-0.4, -0.2) is 28.1 Å². The number of nitrogens with zero attached hydrogens (tertiary/aromatic N) is 1. The number of benzene rings is 2. The summed E-state index contributed by atoms with van der Waals surface area (Å²) in [5.74, 6) is -1.80. The number of amides is 2. The van der Waals surface area contributed by atoms with Crippen LogP contribution in [0.3, 0.4) is 0 Å². The maximum absolute atomic E-state index is 13.1. The summed E-state index contributed by atoms with van der Waals surface area (Å²) in [6, 6.07) is 14.2. The Hall–Kier alpha value is -2.32. The zero-order valence-electron chi connectivity index (χ0n) is 13.3. The molecule has 0 radical (unpaired) electrons. The number of carboxylic acids is 1. The highest BCUT2D eigenvalue weighted by molar-refractivity contribution is 9.10. The van der Waals surface area contributed by atoms with Crippen molar-refractivity contribution in [2.45, 2.75) is 16.5 Å². The lowest BCUT2D eigenvalue weighted by molar-refractivity contribution is -0.138. The van der Waals surface area contributed by atoms with Crippen molar-refractivity contribution in [3.05, 3.63) is 58.6 Å². The van der Waals surface area contributed by atoms with Gasteiger partial charge in [0.25, 0.3) is 5.91 Å². The van der Waals surface area contributed by atoms with Crippen LogP contribution in [0.2, 0.25) is 0 Å². The zero-order chi connectivity index (χ0) is 18.5. The number of anilines is 2. The molecule has 1 fully saturated rings. The summed E-state index contributed by atoms with van der Waals surface area (Å²) in [7, 11) is 0. The summed E-state index contributed by atoms with van der Waals surface area (Å²) in [5.41, 5.74) is 1.85. The Morgan fingerprint density at radius 1 is 1.19 bits per heavy atom. The first kappa shape index (κ1) is 17.1. The number of thioether (sulfide) groups is 1. The highest BCUT2D eigenvalue weighted by atomic mass is 79.9. The molecule has 0 aromatic heterocycles. The Balaban J connectivity index is 1.90. The molecule has 1 saturated heterocycles.